The van der Waals surface area contributed by atoms with E-state index in [0.717, 1.165) is 5.56 Å². The SMILES string of the molecule is O=C(/C=c1/[nH]c(=O)/c(=C/c2ccc(O)c(Br)c2)s1)c1ccncc1. The van der Waals surface area contributed by atoms with E-state index in [1.165, 1.54) is 23.5 Å². The summed E-state index contributed by atoms with van der Waals surface area (Å²) in [4.78, 5) is 30.7. The third kappa shape index (κ3) is 3.69. The number of phenolic OH excluding ortho intramolecular Hbond substituents is 1. The molecule has 2 aromatic heterocycles. The van der Waals surface area contributed by atoms with Gasteiger partial charge in [-0.3, -0.25) is 14.6 Å². The van der Waals surface area contributed by atoms with Crippen LogP contribution in [0.2, 0.25) is 0 Å². The molecule has 0 bridgehead atoms. The highest BCUT2D eigenvalue weighted by molar-refractivity contribution is 9.10. The molecular weight excluding hydrogens is 392 g/mol. The Hall–Kier alpha value is -2.51. The van der Waals surface area contributed by atoms with E-state index in [-0.39, 0.29) is 17.1 Å². The van der Waals surface area contributed by atoms with Crippen molar-refractivity contribution in [3.63, 3.8) is 0 Å². The van der Waals surface area contributed by atoms with Gasteiger partial charge in [-0.1, -0.05) is 6.07 Å². The number of hydrogen-bond acceptors (Lipinski definition) is 5. The molecule has 0 aliphatic carbocycles. The lowest BCUT2D eigenvalue weighted by Gasteiger charge is -1.97. The molecule has 0 fully saturated rings. The van der Waals surface area contributed by atoms with Gasteiger partial charge in [0.05, 0.1) is 13.7 Å². The third-order valence-corrected chi connectivity index (χ3v) is 4.78. The number of thiazole rings is 1. The van der Waals surface area contributed by atoms with Gasteiger partial charge >= 0.3 is 0 Å². The van der Waals surface area contributed by atoms with Crippen LogP contribution >= 0.6 is 27.3 Å². The van der Waals surface area contributed by atoms with Crippen LogP contribution in [0.1, 0.15) is 15.9 Å². The van der Waals surface area contributed by atoms with E-state index in [4.69, 9.17) is 0 Å². The molecule has 3 rings (SSSR count). The zero-order valence-electron chi connectivity index (χ0n) is 12.2. The highest BCUT2D eigenvalue weighted by Gasteiger charge is 2.03. The first-order chi connectivity index (χ1) is 11.5. The highest BCUT2D eigenvalue weighted by atomic mass is 79.9. The molecule has 5 nitrogen and oxygen atoms in total. The number of carbonyl (C=O) groups is 1. The zero-order valence-corrected chi connectivity index (χ0v) is 14.6. The van der Waals surface area contributed by atoms with E-state index in [9.17, 15) is 14.7 Å². The first-order valence-electron chi connectivity index (χ1n) is 6.88. The van der Waals surface area contributed by atoms with Crippen molar-refractivity contribution in [2.45, 2.75) is 0 Å². The van der Waals surface area contributed by atoms with Crippen molar-refractivity contribution >= 4 is 45.2 Å². The lowest BCUT2D eigenvalue weighted by Crippen LogP contribution is -2.20. The number of halogens is 1. The Morgan fingerprint density at radius 2 is 2.00 bits per heavy atom. The number of aromatic hydroxyl groups is 1. The number of phenols is 1. The van der Waals surface area contributed by atoms with E-state index >= 15 is 0 Å². The molecule has 0 spiro atoms. The second-order valence-electron chi connectivity index (χ2n) is 4.88. The molecule has 3 aromatic rings. The van der Waals surface area contributed by atoms with Crippen LogP contribution in [0.15, 0.2) is 52.0 Å². The van der Waals surface area contributed by atoms with E-state index < -0.39 is 0 Å². The minimum absolute atomic E-state index is 0.129. The average Bonchev–Trinajstić information content (AvgIpc) is 2.91. The first kappa shape index (κ1) is 16.4. The number of hydrogen-bond donors (Lipinski definition) is 2. The van der Waals surface area contributed by atoms with Crippen LogP contribution in [0.3, 0.4) is 0 Å². The van der Waals surface area contributed by atoms with Gasteiger partial charge in [0.2, 0.25) is 0 Å². The van der Waals surface area contributed by atoms with Gasteiger partial charge in [0.15, 0.2) is 5.78 Å². The fourth-order valence-electron chi connectivity index (χ4n) is 2.01. The van der Waals surface area contributed by atoms with Crippen LogP contribution in [0.25, 0.3) is 12.2 Å². The van der Waals surface area contributed by atoms with E-state index in [1.807, 2.05) is 0 Å². The van der Waals surface area contributed by atoms with Crippen molar-refractivity contribution in [3.05, 3.63) is 77.9 Å². The number of nitrogens with one attached hydrogen (secondary N) is 1. The summed E-state index contributed by atoms with van der Waals surface area (Å²) in [5, 5.41) is 9.50. The first-order valence-corrected chi connectivity index (χ1v) is 8.49. The molecule has 0 saturated carbocycles. The lowest BCUT2D eigenvalue weighted by molar-refractivity contribution is 0.106. The monoisotopic (exact) mass is 402 g/mol. The molecule has 0 aliphatic heterocycles. The molecule has 2 heterocycles. The van der Waals surface area contributed by atoms with Gasteiger partial charge in [-0.25, -0.2) is 0 Å². The second kappa shape index (κ2) is 6.94. The fraction of sp³-hybridized carbons (Fsp3) is 0. The number of H-pyrrole nitrogens is 1. The number of nitrogens with zero attached hydrogens (tertiary/aromatic N) is 1. The molecule has 1 aromatic carbocycles. The molecule has 0 radical (unpaired) electrons. The summed E-state index contributed by atoms with van der Waals surface area (Å²) in [7, 11) is 0. The van der Waals surface area contributed by atoms with Crippen molar-refractivity contribution < 1.29 is 9.90 Å². The Morgan fingerprint density at radius 1 is 1.25 bits per heavy atom. The highest BCUT2D eigenvalue weighted by Crippen LogP contribution is 2.24. The predicted octanol–water partition coefficient (Wildman–Crippen LogP) is 1.79. The standard InChI is InChI=1S/C17H11BrN2O3S/c18-12-7-10(1-2-13(12)21)8-15-17(23)20-16(24-15)9-14(22)11-3-5-19-6-4-11/h1-9,21H,(H,20,23)/b15-8-,16-9-. The number of pyridine rings is 1. The van der Waals surface area contributed by atoms with Crippen LogP contribution < -0.4 is 14.8 Å². The molecule has 24 heavy (non-hydrogen) atoms. The molecule has 0 unspecified atom stereocenters. The van der Waals surface area contributed by atoms with Crippen LogP contribution in [0.4, 0.5) is 0 Å². The molecule has 120 valence electrons. The topological polar surface area (TPSA) is 83.0 Å². The zero-order chi connectivity index (χ0) is 17.1. The molecule has 2 N–H and O–H groups in total. The fourth-order valence-corrected chi connectivity index (χ4v) is 3.29. The lowest BCUT2D eigenvalue weighted by atomic mass is 10.2. The summed E-state index contributed by atoms with van der Waals surface area (Å²) in [6, 6.07) is 8.18. The van der Waals surface area contributed by atoms with Crippen molar-refractivity contribution in [1.82, 2.24) is 9.97 Å². The summed E-state index contributed by atoms with van der Waals surface area (Å²) in [5.74, 6) is -0.0713. The van der Waals surface area contributed by atoms with Gasteiger partial charge in [-0.2, -0.15) is 0 Å². The Morgan fingerprint density at radius 3 is 2.71 bits per heavy atom. The number of benzene rings is 1. The maximum Gasteiger partial charge on any atom is 0.266 e. The van der Waals surface area contributed by atoms with Crippen molar-refractivity contribution in [2.24, 2.45) is 0 Å². The molecule has 0 amide bonds. The van der Waals surface area contributed by atoms with Gasteiger partial charge in [0, 0.05) is 24.0 Å². The van der Waals surface area contributed by atoms with E-state index in [0.29, 0.717) is 19.2 Å². The average molecular weight is 403 g/mol. The van der Waals surface area contributed by atoms with E-state index in [1.54, 1.807) is 42.7 Å². The number of aromatic amines is 1. The molecule has 0 saturated heterocycles. The Kier molecular flexibility index (Phi) is 4.73. The van der Waals surface area contributed by atoms with E-state index in [2.05, 4.69) is 25.9 Å². The molecule has 0 aliphatic rings. The van der Waals surface area contributed by atoms with Gasteiger partial charge in [-0.15, -0.1) is 11.3 Å². The normalized spacial score (nSPS) is 12.5. The van der Waals surface area contributed by atoms with Crippen molar-refractivity contribution in [3.8, 4) is 5.75 Å². The number of rotatable bonds is 3. The summed E-state index contributed by atoms with van der Waals surface area (Å²) < 4.78 is 1.50. The predicted molar refractivity (Wildman–Crippen MR) is 96.6 cm³/mol. The summed E-state index contributed by atoms with van der Waals surface area (Å²) >= 11 is 4.43. The Balaban J connectivity index is 2.00. The minimum atomic E-state index is -0.266. The Bertz CT molecular complexity index is 1070. The maximum absolute atomic E-state index is 12.1. The minimum Gasteiger partial charge on any atom is -0.507 e. The smallest absolute Gasteiger partial charge is 0.266 e. The number of carbonyl (C=O) groups excluding carboxylic acids is 1. The van der Waals surface area contributed by atoms with Crippen LogP contribution in [0.5, 0.6) is 5.75 Å². The van der Waals surface area contributed by atoms with Gasteiger partial charge < -0.3 is 10.1 Å². The molecule has 0 atom stereocenters. The summed E-state index contributed by atoms with van der Waals surface area (Å²) in [6.07, 6.45) is 6.17. The van der Waals surface area contributed by atoms with Gasteiger partial charge in [0.1, 0.15) is 5.75 Å². The molecule has 7 heteroatoms. The van der Waals surface area contributed by atoms with Crippen LogP contribution in [-0.4, -0.2) is 20.9 Å². The maximum atomic E-state index is 12.1. The molecular formula is C17H11BrN2O3S. The number of Topliss-reactive ketones (excluding diaryl/α,β-unsaturated/α-hetero) is 1. The summed E-state index contributed by atoms with van der Waals surface area (Å²) in [5.41, 5.74) is 1.00. The number of ketones is 1. The quantitative estimate of drug-likeness (QED) is 0.654. The summed E-state index contributed by atoms with van der Waals surface area (Å²) in [6.45, 7) is 0. The van der Waals surface area contributed by atoms with Gasteiger partial charge in [0.25, 0.3) is 5.56 Å². The van der Waals surface area contributed by atoms with Gasteiger partial charge in [-0.05, 0) is 51.8 Å². The third-order valence-electron chi connectivity index (χ3n) is 3.18. The van der Waals surface area contributed by atoms with Crippen molar-refractivity contribution in [1.29, 1.82) is 0 Å². The second-order valence-corrected chi connectivity index (χ2v) is 6.82. The van der Waals surface area contributed by atoms with Crippen LogP contribution in [-0.2, 0) is 0 Å². The largest absolute Gasteiger partial charge is 0.507 e. The Labute approximate surface area is 148 Å². The number of aromatic nitrogens is 2. The van der Waals surface area contributed by atoms with Crippen molar-refractivity contribution in [2.75, 3.05) is 0 Å². The van der Waals surface area contributed by atoms with Crippen LogP contribution in [0, 0.1) is 0 Å².